The molecule has 1 saturated heterocycles. The minimum absolute atomic E-state index is 0.111. The van der Waals surface area contributed by atoms with Gasteiger partial charge >= 0.3 is 12.2 Å². The number of fused-ring (bicyclic) bond motifs is 1. The summed E-state index contributed by atoms with van der Waals surface area (Å²) in [5.74, 6) is 0. The van der Waals surface area contributed by atoms with Crippen molar-refractivity contribution in [3.05, 3.63) is 43.0 Å². The number of anilines is 1. The predicted molar refractivity (Wildman–Crippen MR) is 183 cm³/mol. The molecule has 0 saturated carbocycles. The van der Waals surface area contributed by atoms with E-state index < -0.39 is 33.4 Å². The van der Waals surface area contributed by atoms with Gasteiger partial charge in [-0.15, -0.1) is 0 Å². The summed E-state index contributed by atoms with van der Waals surface area (Å²) in [5.41, 5.74) is 1.55. The first-order chi connectivity index (χ1) is 22.9. The van der Waals surface area contributed by atoms with E-state index in [0.29, 0.717) is 44.4 Å². The molecule has 5 rings (SSSR count). The molecule has 14 nitrogen and oxygen atoms in total. The molecule has 1 aliphatic heterocycles. The van der Waals surface area contributed by atoms with E-state index in [4.69, 9.17) is 19.7 Å². The van der Waals surface area contributed by atoms with Gasteiger partial charge in [-0.3, -0.25) is 4.68 Å². The number of carbonyl (C=O) groups is 2. The molecule has 1 amide bonds. The zero-order chi connectivity index (χ0) is 35.9. The summed E-state index contributed by atoms with van der Waals surface area (Å²) in [6.07, 6.45) is 6.95. The lowest BCUT2D eigenvalue weighted by atomic mass is 10.1. The molecule has 0 radical (unpaired) electrons. The zero-order valence-electron chi connectivity index (χ0n) is 29.1. The van der Waals surface area contributed by atoms with Crippen LogP contribution >= 0.6 is 0 Å². The van der Waals surface area contributed by atoms with Crippen molar-refractivity contribution in [2.24, 2.45) is 0 Å². The normalized spacial score (nSPS) is 15.3. The van der Waals surface area contributed by atoms with Crippen molar-refractivity contribution in [1.82, 2.24) is 28.6 Å². The zero-order valence-corrected chi connectivity index (χ0v) is 29.9. The maximum atomic E-state index is 13.9. The van der Waals surface area contributed by atoms with Crippen LogP contribution in [0, 0.1) is 11.3 Å². The molecular formula is C34H42N8O6S. The summed E-state index contributed by atoms with van der Waals surface area (Å²) in [5, 5.41) is 13.4. The highest BCUT2D eigenvalue weighted by molar-refractivity contribution is 7.89. The highest BCUT2D eigenvalue weighted by Gasteiger charge is 2.32. The van der Waals surface area contributed by atoms with E-state index in [1.165, 1.54) is 23.9 Å². The number of ether oxygens (including phenoxy) is 2. The second kappa shape index (κ2) is 13.1. The largest absolute Gasteiger partial charge is 0.443 e. The van der Waals surface area contributed by atoms with Gasteiger partial charge in [0.1, 0.15) is 16.7 Å². The Kier molecular flexibility index (Phi) is 9.48. The first kappa shape index (κ1) is 35.3. The Labute approximate surface area is 286 Å². The molecule has 15 heteroatoms. The van der Waals surface area contributed by atoms with Gasteiger partial charge in [-0.05, 0) is 79.5 Å². The summed E-state index contributed by atoms with van der Waals surface area (Å²) in [4.78, 5) is 37.8. The molecule has 1 atom stereocenters. The third-order valence-electron chi connectivity index (χ3n) is 7.86. The van der Waals surface area contributed by atoms with Gasteiger partial charge in [-0.2, -0.15) is 10.4 Å². The Hall–Kier alpha value is -4.97. The van der Waals surface area contributed by atoms with E-state index in [-0.39, 0.29) is 23.0 Å². The van der Waals surface area contributed by atoms with Gasteiger partial charge in [0.25, 0.3) is 10.0 Å². The van der Waals surface area contributed by atoms with Crippen LogP contribution in [0.1, 0.15) is 67.7 Å². The number of nitriles is 1. The molecule has 1 aliphatic rings. The summed E-state index contributed by atoms with van der Waals surface area (Å²) in [6, 6.07) is 7.14. The number of benzene rings is 1. The first-order valence-corrected chi connectivity index (χ1v) is 17.5. The molecule has 0 N–H and O–H groups in total. The highest BCUT2D eigenvalue weighted by atomic mass is 32.2. The summed E-state index contributed by atoms with van der Waals surface area (Å²) < 4.78 is 42.3. The molecular weight excluding hydrogens is 648 g/mol. The third-order valence-corrected chi connectivity index (χ3v) is 9.56. The number of rotatable bonds is 7. The maximum Gasteiger partial charge on any atom is 0.424 e. The number of carbonyl (C=O) groups excluding carboxylic acids is 2. The van der Waals surface area contributed by atoms with Gasteiger partial charge in [-0.25, -0.2) is 36.8 Å². The molecule has 0 spiro atoms. The smallest absolute Gasteiger partial charge is 0.424 e. The molecule has 4 heterocycles. The van der Waals surface area contributed by atoms with Gasteiger partial charge in [0.15, 0.2) is 5.65 Å². The lowest BCUT2D eigenvalue weighted by Crippen LogP contribution is -2.38. The van der Waals surface area contributed by atoms with Gasteiger partial charge < -0.3 is 14.4 Å². The molecule has 0 aliphatic carbocycles. The fourth-order valence-electron chi connectivity index (χ4n) is 5.53. The van der Waals surface area contributed by atoms with Crippen molar-refractivity contribution >= 4 is 39.1 Å². The number of nitrogens with zero attached hydrogens (tertiary/aromatic N) is 8. The second-order valence-corrected chi connectivity index (χ2v) is 16.0. The van der Waals surface area contributed by atoms with Crippen LogP contribution in [0.2, 0.25) is 0 Å². The molecule has 3 aromatic heterocycles. The van der Waals surface area contributed by atoms with Gasteiger partial charge in [0.05, 0.1) is 42.0 Å². The quantitative estimate of drug-likeness (QED) is 0.217. The van der Waals surface area contributed by atoms with Crippen LogP contribution in [0.15, 0.2) is 47.9 Å². The van der Waals surface area contributed by atoms with E-state index in [9.17, 15) is 18.0 Å². The van der Waals surface area contributed by atoms with Gasteiger partial charge in [-0.1, -0.05) is 0 Å². The SMILES string of the molecule is C[C@@H]1CCCN1c1cc(-c2cnc3c(n2)c(-c2cnn(CCC#N)c2)cn3C(=O)OC(C)(C)C)cc(S(=O)(=O)N(C)C(=O)OC(C)(C)C)c1. The molecule has 1 fully saturated rings. The Balaban J connectivity index is 1.67. The van der Waals surface area contributed by atoms with Crippen LogP contribution < -0.4 is 4.90 Å². The van der Waals surface area contributed by atoms with E-state index in [1.807, 2.05) is 6.07 Å². The molecule has 4 aromatic rings. The third kappa shape index (κ3) is 7.69. The average Bonchev–Trinajstić information content (AvgIpc) is 3.75. The number of amides is 1. The fourth-order valence-corrected chi connectivity index (χ4v) is 6.62. The number of hydrogen-bond acceptors (Lipinski definition) is 11. The molecule has 0 unspecified atom stereocenters. The van der Waals surface area contributed by atoms with Gasteiger partial charge in [0.2, 0.25) is 0 Å². The van der Waals surface area contributed by atoms with Crippen molar-refractivity contribution in [3.8, 4) is 28.5 Å². The standard InChI is InChI=1S/C34H42N8O6S/c1-22-11-9-14-41(22)25-15-23(16-26(17-25)49(45,46)39(8)31(43)47-33(2,3)4)28-19-36-30-29(38-28)27(21-42(30)32(44)48-34(5,6)7)24-18-37-40(20-24)13-10-12-35/h15-22H,9-11,13-14H2,1-8H3/t22-/m1/s1. The Morgan fingerprint density at radius 3 is 2.39 bits per heavy atom. The summed E-state index contributed by atoms with van der Waals surface area (Å²) in [6.45, 7) is 13.5. The topological polar surface area (TPSA) is 166 Å². The predicted octanol–water partition coefficient (Wildman–Crippen LogP) is 6.20. The van der Waals surface area contributed by atoms with Crippen molar-refractivity contribution in [1.29, 1.82) is 5.26 Å². The fraction of sp³-hybridized carbons (Fsp3) is 0.471. The lowest BCUT2D eigenvalue weighted by molar-refractivity contribution is 0.0419. The van der Waals surface area contributed by atoms with Crippen LogP contribution in [-0.4, -0.2) is 80.1 Å². The molecule has 49 heavy (non-hydrogen) atoms. The minimum atomic E-state index is -4.35. The Morgan fingerprint density at radius 2 is 1.76 bits per heavy atom. The molecule has 260 valence electrons. The monoisotopic (exact) mass is 690 g/mol. The van der Waals surface area contributed by atoms with E-state index >= 15 is 0 Å². The lowest BCUT2D eigenvalue weighted by Gasteiger charge is -2.27. The number of aromatic nitrogens is 5. The van der Waals surface area contributed by atoms with Crippen molar-refractivity contribution < 1.29 is 27.5 Å². The molecule has 1 aromatic carbocycles. The van der Waals surface area contributed by atoms with E-state index in [2.05, 4.69) is 28.0 Å². The van der Waals surface area contributed by atoms with Crippen LogP contribution in [0.5, 0.6) is 0 Å². The minimum Gasteiger partial charge on any atom is -0.443 e. The number of aryl methyl sites for hydroxylation is 1. The second-order valence-electron chi connectivity index (χ2n) is 14.1. The maximum absolute atomic E-state index is 13.9. The van der Waals surface area contributed by atoms with Crippen molar-refractivity contribution in [3.63, 3.8) is 0 Å². The number of hydrogen-bond donors (Lipinski definition) is 0. The Bertz CT molecular complexity index is 2050. The van der Waals surface area contributed by atoms with E-state index in [0.717, 1.165) is 19.4 Å². The first-order valence-electron chi connectivity index (χ1n) is 16.0. The summed E-state index contributed by atoms with van der Waals surface area (Å²) in [7, 11) is -3.18. The van der Waals surface area contributed by atoms with Crippen molar-refractivity contribution in [2.75, 3.05) is 18.5 Å². The Morgan fingerprint density at radius 1 is 1.04 bits per heavy atom. The number of sulfonamides is 1. The highest BCUT2D eigenvalue weighted by Crippen LogP contribution is 2.35. The average molecular weight is 691 g/mol. The molecule has 0 bridgehead atoms. The van der Waals surface area contributed by atoms with Crippen LogP contribution in [0.25, 0.3) is 33.5 Å². The van der Waals surface area contributed by atoms with Crippen LogP contribution in [0.3, 0.4) is 0 Å². The van der Waals surface area contributed by atoms with E-state index in [1.54, 1.807) is 70.9 Å². The summed E-state index contributed by atoms with van der Waals surface area (Å²) >= 11 is 0. The van der Waals surface area contributed by atoms with Crippen LogP contribution in [0.4, 0.5) is 15.3 Å². The van der Waals surface area contributed by atoms with Crippen LogP contribution in [-0.2, 0) is 26.0 Å². The van der Waals surface area contributed by atoms with Crippen molar-refractivity contribution in [2.45, 2.75) is 96.4 Å². The van der Waals surface area contributed by atoms with Gasteiger partial charge in [0, 0.05) is 54.4 Å².